The zero-order valence-electron chi connectivity index (χ0n) is 14.2. The van der Waals surface area contributed by atoms with Crippen molar-refractivity contribution in [1.82, 2.24) is 10.2 Å². The number of nitrogens with zero attached hydrogens (tertiary/aromatic N) is 1. The molecule has 2 amide bonds. The molecule has 0 aliphatic carbocycles. The minimum atomic E-state index is -0.391. The summed E-state index contributed by atoms with van der Waals surface area (Å²) in [5.74, 6) is 0.289. The van der Waals surface area contributed by atoms with Crippen LogP contribution < -0.4 is 11.1 Å². The van der Waals surface area contributed by atoms with Crippen LogP contribution in [0.4, 0.5) is 0 Å². The first-order valence-electron chi connectivity index (χ1n) is 8.49. The average Bonchev–Trinajstić information content (AvgIpc) is 2.60. The number of benzene rings is 1. The van der Waals surface area contributed by atoms with E-state index in [1.807, 2.05) is 30.0 Å². The molecule has 2 atom stereocenters. The lowest BCUT2D eigenvalue weighted by atomic mass is 9.97. The van der Waals surface area contributed by atoms with Crippen molar-refractivity contribution in [2.24, 2.45) is 11.7 Å². The summed E-state index contributed by atoms with van der Waals surface area (Å²) in [6.45, 7) is 4.09. The number of carbonyl (C=O) groups excluding carboxylic acids is 2. The van der Waals surface area contributed by atoms with E-state index in [4.69, 9.17) is 5.73 Å². The Kier molecular flexibility index (Phi) is 8.79. The number of amides is 2. The van der Waals surface area contributed by atoms with Gasteiger partial charge in [0.25, 0.3) is 5.91 Å². The van der Waals surface area contributed by atoms with Gasteiger partial charge >= 0.3 is 0 Å². The first-order chi connectivity index (χ1) is 11.1. The quantitative estimate of drug-likeness (QED) is 0.823. The fraction of sp³-hybridized carbons (Fsp3) is 0.556. The number of likely N-dealkylation sites (tertiary alicyclic amines) is 1. The Morgan fingerprint density at radius 2 is 2.04 bits per heavy atom. The van der Waals surface area contributed by atoms with Crippen molar-refractivity contribution in [3.05, 3.63) is 35.9 Å². The van der Waals surface area contributed by atoms with Crippen molar-refractivity contribution in [3.63, 3.8) is 0 Å². The summed E-state index contributed by atoms with van der Waals surface area (Å²) in [7, 11) is 0. The highest BCUT2D eigenvalue weighted by Gasteiger charge is 2.26. The minimum absolute atomic E-state index is 0. The molecule has 3 N–H and O–H groups in total. The third kappa shape index (κ3) is 5.80. The van der Waals surface area contributed by atoms with E-state index in [1.165, 1.54) is 0 Å². The van der Waals surface area contributed by atoms with Crippen LogP contribution in [-0.4, -0.2) is 42.4 Å². The highest BCUT2D eigenvalue weighted by molar-refractivity contribution is 5.94. The van der Waals surface area contributed by atoms with E-state index in [0.717, 1.165) is 32.2 Å². The molecule has 24 heavy (non-hydrogen) atoms. The third-order valence-electron chi connectivity index (χ3n) is 4.33. The van der Waals surface area contributed by atoms with Gasteiger partial charge in [0, 0.05) is 25.2 Å². The fourth-order valence-corrected chi connectivity index (χ4v) is 3.03. The highest BCUT2D eigenvalue weighted by Crippen LogP contribution is 2.17. The molecule has 2 unspecified atom stereocenters. The molecule has 0 saturated carbocycles. The van der Waals surface area contributed by atoms with Crippen molar-refractivity contribution >= 4 is 24.2 Å². The summed E-state index contributed by atoms with van der Waals surface area (Å²) in [6, 6.07) is 8.81. The van der Waals surface area contributed by atoms with Crippen molar-refractivity contribution in [3.8, 4) is 0 Å². The van der Waals surface area contributed by atoms with Crippen molar-refractivity contribution in [1.29, 1.82) is 0 Å². The Labute approximate surface area is 150 Å². The molecule has 0 aromatic heterocycles. The van der Waals surface area contributed by atoms with Gasteiger partial charge in [0.15, 0.2) is 0 Å². The molecule has 1 aliphatic heterocycles. The Bertz CT molecular complexity index is 524. The van der Waals surface area contributed by atoms with Gasteiger partial charge in [0.1, 0.15) is 0 Å². The third-order valence-corrected chi connectivity index (χ3v) is 4.33. The molecule has 5 nitrogen and oxygen atoms in total. The lowest BCUT2D eigenvalue weighted by Crippen LogP contribution is -2.49. The number of hydrogen-bond acceptors (Lipinski definition) is 3. The maximum absolute atomic E-state index is 12.3. The monoisotopic (exact) mass is 353 g/mol. The minimum Gasteiger partial charge on any atom is -0.352 e. The molecule has 134 valence electrons. The Balaban J connectivity index is 0.00000288. The molecule has 2 rings (SSSR count). The van der Waals surface area contributed by atoms with E-state index in [1.54, 1.807) is 12.1 Å². The van der Waals surface area contributed by atoms with Crippen molar-refractivity contribution in [2.45, 2.75) is 38.6 Å². The number of carbonyl (C=O) groups is 2. The van der Waals surface area contributed by atoms with E-state index in [-0.39, 0.29) is 24.2 Å². The molecule has 1 aromatic carbocycles. The maximum Gasteiger partial charge on any atom is 0.251 e. The van der Waals surface area contributed by atoms with E-state index >= 15 is 0 Å². The van der Waals surface area contributed by atoms with Crippen LogP contribution in [0.3, 0.4) is 0 Å². The molecule has 1 saturated heterocycles. The number of nitrogens with two attached hydrogens (primary N) is 1. The van der Waals surface area contributed by atoms with Gasteiger partial charge in [-0.25, -0.2) is 0 Å². The summed E-state index contributed by atoms with van der Waals surface area (Å²) < 4.78 is 0. The van der Waals surface area contributed by atoms with Crippen LogP contribution in [0, 0.1) is 5.92 Å². The molecular weight excluding hydrogens is 326 g/mol. The molecule has 0 radical (unpaired) electrons. The van der Waals surface area contributed by atoms with E-state index < -0.39 is 6.04 Å². The Morgan fingerprint density at radius 1 is 1.33 bits per heavy atom. The molecule has 1 fully saturated rings. The standard InChI is InChI=1S/C18H27N3O2.ClH/c1-2-7-16(19)18(23)21-11-6-8-14(13-21)12-20-17(22)15-9-4-3-5-10-15;/h3-5,9-10,14,16H,2,6-8,11-13,19H2,1H3,(H,20,22);1H. The maximum atomic E-state index is 12.3. The predicted molar refractivity (Wildman–Crippen MR) is 98.2 cm³/mol. The second-order valence-corrected chi connectivity index (χ2v) is 6.26. The van der Waals surface area contributed by atoms with Crippen molar-refractivity contribution in [2.75, 3.05) is 19.6 Å². The first kappa shape index (κ1) is 20.5. The molecular formula is C18H28ClN3O2. The van der Waals surface area contributed by atoms with E-state index in [2.05, 4.69) is 5.32 Å². The Morgan fingerprint density at radius 3 is 2.71 bits per heavy atom. The second kappa shape index (κ2) is 10.3. The summed E-state index contributed by atoms with van der Waals surface area (Å²) in [5.41, 5.74) is 6.61. The molecule has 6 heteroatoms. The number of piperidine rings is 1. The largest absolute Gasteiger partial charge is 0.352 e. The molecule has 1 aliphatic rings. The molecule has 1 aromatic rings. The average molecular weight is 354 g/mol. The lowest BCUT2D eigenvalue weighted by molar-refractivity contribution is -0.134. The zero-order chi connectivity index (χ0) is 16.7. The summed E-state index contributed by atoms with van der Waals surface area (Å²) in [4.78, 5) is 26.3. The summed E-state index contributed by atoms with van der Waals surface area (Å²) in [6.07, 6.45) is 3.64. The van der Waals surface area contributed by atoms with Gasteiger partial charge in [0.05, 0.1) is 6.04 Å². The van der Waals surface area contributed by atoms with Gasteiger partial charge in [-0.3, -0.25) is 9.59 Å². The van der Waals surface area contributed by atoms with E-state index in [0.29, 0.717) is 24.6 Å². The van der Waals surface area contributed by atoms with Crippen LogP contribution in [-0.2, 0) is 4.79 Å². The van der Waals surface area contributed by atoms with Crippen molar-refractivity contribution < 1.29 is 9.59 Å². The predicted octanol–water partition coefficient (Wildman–Crippen LogP) is 2.20. The van der Waals surface area contributed by atoms with Crippen LogP contribution in [0.25, 0.3) is 0 Å². The SMILES string of the molecule is CCCC(N)C(=O)N1CCCC(CNC(=O)c2ccccc2)C1.Cl. The molecule has 1 heterocycles. The van der Waals surface area contributed by atoms with Crippen LogP contribution in [0.2, 0.25) is 0 Å². The van der Waals surface area contributed by atoms with Gasteiger partial charge in [-0.05, 0) is 37.3 Å². The lowest BCUT2D eigenvalue weighted by Gasteiger charge is -2.34. The number of nitrogens with one attached hydrogen (secondary N) is 1. The Hall–Kier alpha value is -1.59. The molecule has 0 spiro atoms. The summed E-state index contributed by atoms with van der Waals surface area (Å²) >= 11 is 0. The van der Waals surface area contributed by atoms with Gasteiger partial charge in [-0.2, -0.15) is 0 Å². The zero-order valence-corrected chi connectivity index (χ0v) is 15.1. The van der Waals surface area contributed by atoms with Crippen LogP contribution in [0.15, 0.2) is 30.3 Å². The number of hydrogen-bond donors (Lipinski definition) is 2. The van der Waals surface area contributed by atoms with Gasteiger partial charge in [-0.15, -0.1) is 12.4 Å². The van der Waals surface area contributed by atoms with Crippen LogP contribution >= 0.6 is 12.4 Å². The second-order valence-electron chi connectivity index (χ2n) is 6.26. The fourth-order valence-electron chi connectivity index (χ4n) is 3.03. The molecule has 0 bridgehead atoms. The normalized spacial score (nSPS) is 18.4. The highest BCUT2D eigenvalue weighted by atomic mass is 35.5. The van der Waals surface area contributed by atoms with Gasteiger partial charge in [-0.1, -0.05) is 31.5 Å². The topological polar surface area (TPSA) is 75.4 Å². The number of rotatable bonds is 6. The summed E-state index contributed by atoms with van der Waals surface area (Å²) in [5, 5.41) is 2.97. The van der Waals surface area contributed by atoms with Gasteiger partial charge in [0.2, 0.25) is 5.91 Å². The van der Waals surface area contributed by atoms with Gasteiger partial charge < -0.3 is 16.0 Å². The number of halogens is 1. The van der Waals surface area contributed by atoms with E-state index in [9.17, 15) is 9.59 Å². The smallest absolute Gasteiger partial charge is 0.251 e. The van der Waals surface area contributed by atoms with Crippen LogP contribution in [0.1, 0.15) is 43.0 Å². The van der Waals surface area contributed by atoms with Crippen LogP contribution in [0.5, 0.6) is 0 Å². The first-order valence-corrected chi connectivity index (χ1v) is 8.49.